The lowest BCUT2D eigenvalue weighted by Crippen LogP contribution is -2.28. The van der Waals surface area contributed by atoms with Crippen molar-refractivity contribution in [3.8, 4) is 11.8 Å². The van der Waals surface area contributed by atoms with E-state index >= 15 is 0 Å². The minimum Gasteiger partial charge on any atom is -0.465 e. The molecule has 0 saturated heterocycles. The first kappa shape index (κ1) is 22.8. The largest absolute Gasteiger partial charge is 0.465 e. The molecule has 1 atom stereocenters. The summed E-state index contributed by atoms with van der Waals surface area (Å²) in [5, 5.41) is 24.7. The van der Waals surface area contributed by atoms with Gasteiger partial charge in [0.1, 0.15) is 17.7 Å². The lowest BCUT2D eigenvalue weighted by molar-refractivity contribution is -0.139. The molecule has 3 aromatic rings. The summed E-state index contributed by atoms with van der Waals surface area (Å²) in [6.45, 7) is 3.80. The molecule has 0 spiro atoms. The van der Waals surface area contributed by atoms with E-state index in [-0.39, 0.29) is 29.7 Å². The number of nitriles is 1. The Morgan fingerprint density at radius 1 is 1.28 bits per heavy atom. The smallest absolute Gasteiger partial charge is 0.316 e. The average Bonchev–Trinajstić information content (AvgIpc) is 3.37. The van der Waals surface area contributed by atoms with E-state index in [1.165, 1.54) is 15.4 Å². The summed E-state index contributed by atoms with van der Waals surface area (Å²) >= 11 is 1.08. The molecule has 0 aliphatic rings. The fraction of sp³-hybridized carbons (Fsp3) is 0.300. The van der Waals surface area contributed by atoms with Crippen molar-refractivity contribution in [2.45, 2.75) is 31.5 Å². The second-order valence-corrected chi connectivity index (χ2v) is 7.43. The van der Waals surface area contributed by atoms with Gasteiger partial charge in [0.2, 0.25) is 11.9 Å². The van der Waals surface area contributed by atoms with E-state index in [0.717, 1.165) is 11.8 Å². The quantitative estimate of drug-likeness (QED) is 0.365. The number of nitrogens with zero attached hydrogens (tertiary/aromatic N) is 6. The minimum absolute atomic E-state index is 0.00336. The van der Waals surface area contributed by atoms with Crippen LogP contribution in [0.2, 0.25) is 0 Å². The van der Waals surface area contributed by atoms with E-state index in [1.807, 2.05) is 43.3 Å². The number of nitrogen functional groups attached to an aromatic ring is 1. The van der Waals surface area contributed by atoms with Crippen molar-refractivity contribution < 1.29 is 14.3 Å². The first-order valence-electron chi connectivity index (χ1n) is 9.83. The van der Waals surface area contributed by atoms with Gasteiger partial charge >= 0.3 is 5.97 Å². The molecular weight excluding hydrogens is 432 g/mol. The molecule has 2 aromatic heterocycles. The molecular formula is C20H22N8O3S. The van der Waals surface area contributed by atoms with Crippen LogP contribution in [0.1, 0.15) is 31.9 Å². The Morgan fingerprint density at radius 3 is 2.69 bits per heavy atom. The zero-order valence-electron chi connectivity index (χ0n) is 17.6. The van der Waals surface area contributed by atoms with Crippen molar-refractivity contribution in [2.75, 3.05) is 23.4 Å². The van der Waals surface area contributed by atoms with E-state index in [2.05, 4.69) is 20.6 Å². The first-order valence-corrected chi connectivity index (χ1v) is 10.8. The lowest BCUT2D eigenvalue weighted by Gasteiger charge is -2.19. The molecule has 1 unspecified atom stereocenters. The molecule has 0 aliphatic heterocycles. The number of nitrogens with two attached hydrogens (primary N) is 1. The van der Waals surface area contributed by atoms with Gasteiger partial charge in [0.25, 0.3) is 0 Å². The number of nitrogens with one attached hydrogen (secondary N) is 1. The van der Waals surface area contributed by atoms with Crippen LogP contribution in [0.15, 0.2) is 41.7 Å². The molecule has 12 heteroatoms. The number of amides is 1. The maximum absolute atomic E-state index is 13.2. The van der Waals surface area contributed by atoms with E-state index < -0.39 is 17.9 Å². The van der Waals surface area contributed by atoms with Crippen molar-refractivity contribution in [2.24, 2.45) is 0 Å². The van der Waals surface area contributed by atoms with Crippen molar-refractivity contribution in [3.05, 3.63) is 42.1 Å². The molecule has 32 heavy (non-hydrogen) atoms. The molecule has 0 fully saturated rings. The van der Waals surface area contributed by atoms with Crippen molar-refractivity contribution >= 4 is 35.4 Å². The highest BCUT2D eigenvalue weighted by atomic mass is 32.2. The minimum atomic E-state index is -0.777. The van der Waals surface area contributed by atoms with Crippen LogP contribution < -0.4 is 11.1 Å². The summed E-state index contributed by atoms with van der Waals surface area (Å²) < 4.78 is 7.88. The van der Waals surface area contributed by atoms with Gasteiger partial charge in [-0.3, -0.25) is 14.2 Å². The highest BCUT2D eigenvalue weighted by molar-refractivity contribution is 7.99. The SMILES string of the molecule is CCOC(=O)CSc1nnc(N)n1C(CC)C(=O)Nc1c(C#N)cnn1-c1ccccc1. The molecule has 0 aliphatic carbocycles. The van der Waals surface area contributed by atoms with Crippen LogP contribution >= 0.6 is 11.8 Å². The number of ether oxygens (including phenoxy) is 1. The Kier molecular flexibility index (Phi) is 7.45. The zero-order chi connectivity index (χ0) is 23.1. The summed E-state index contributed by atoms with van der Waals surface area (Å²) in [7, 11) is 0. The molecule has 3 rings (SSSR count). The summed E-state index contributed by atoms with van der Waals surface area (Å²) in [5.41, 5.74) is 6.88. The summed E-state index contributed by atoms with van der Waals surface area (Å²) in [6, 6.07) is 10.4. The van der Waals surface area contributed by atoms with Gasteiger partial charge in [0.15, 0.2) is 11.0 Å². The van der Waals surface area contributed by atoms with Crippen molar-refractivity contribution in [1.29, 1.82) is 5.26 Å². The maximum atomic E-state index is 13.2. The second-order valence-electron chi connectivity index (χ2n) is 6.48. The zero-order valence-corrected chi connectivity index (χ0v) is 18.4. The molecule has 166 valence electrons. The van der Waals surface area contributed by atoms with Gasteiger partial charge in [0, 0.05) is 0 Å². The molecule has 0 bridgehead atoms. The van der Waals surface area contributed by atoms with Gasteiger partial charge in [-0.2, -0.15) is 10.4 Å². The van der Waals surface area contributed by atoms with Crippen LogP contribution in [0.4, 0.5) is 11.8 Å². The monoisotopic (exact) mass is 454 g/mol. The van der Waals surface area contributed by atoms with Gasteiger partial charge < -0.3 is 15.8 Å². The van der Waals surface area contributed by atoms with Gasteiger partial charge in [-0.25, -0.2) is 4.68 Å². The molecule has 0 radical (unpaired) electrons. The Morgan fingerprint density at radius 2 is 2.03 bits per heavy atom. The fourth-order valence-corrected chi connectivity index (χ4v) is 3.80. The van der Waals surface area contributed by atoms with Gasteiger partial charge in [-0.05, 0) is 25.5 Å². The third-order valence-corrected chi connectivity index (χ3v) is 5.37. The summed E-state index contributed by atoms with van der Waals surface area (Å²) in [5.74, 6) is -0.548. The maximum Gasteiger partial charge on any atom is 0.316 e. The number of rotatable bonds is 9. The number of para-hydroxylation sites is 1. The Hall–Kier alpha value is -3.85. The third kappa shape index (κ3) is 4.89. The second kappa shape index (κ2) is 10.5. The Balaban J connectivity index is 1.87. The van der Waals surface area contributed by atoms with E-state index in [4.69, 9.17) is 10.5 Å². The topological polar surface area (TPSA) is 154 Å². The number of anilines is 2. The van der Waals surface area contributed by atoms with Crippen LogP contribution in [0, 0.1) is 11.3 Å². The molecule has 0 saturated carbocycles. The predicted octanol–water partition coefficient (Wildman–Crippen LogP) is 2.16. The first-order chi connectivity index (χ1) is 15.5. The highest BCUT2D eigenvalue weighted by Crippen LogP contribution is 2.27. The number of carbonyl (C=O) groups excluding carboxylic acids is 2. The molecule has 3 N–H and O–H groups in total. The number of esters is 1. The summed E-state index contributed by atoms with van der Waals surface area (Å²) in [4.78, 5) is 25.0. The number of benzene rings is 1. The normalized spacial score (nSPS) is 11.5. The van der Waals surface area contributed by atoms with Crippen LogP contribution in [-0.4, -0.2) is 48.8 Å². The van der Waals surface area contributed by atoms with Crippen molar-refractivity contribution in [3.63, 3.8) is 0 Å². The van der Waals surface area contributed by atoms with Crippen LogP contribution in [0.25, 0.3) is 5.69 Å². The third-order valence-electron chi connectivity index (χ3n) is 4.45. The number of hydrogen-bond acceptors (Lipinski definition) is 9. The molecule has 1 amide bonds. The van der Waals surface area contributed by atoms with Crippen molar-refractivity contribution in [1.82, 2.24) is 24.5 Å². The van der Waals surface area contributed by atoms with Gasteiger partial charge in [-0.15, -0.1) is 10.2 Å². The number of hydrogen-bond donors (Lipinski definition) is 2. The average molecular weight is 455 g/mol. The van der Waals surface area contributed by atoms with Crippen LogP contribution in [0.3, 0.4) is 0 Å². The molecule has 2 heterocycles. The Labute approximate surface area is 188 Å². The fourth-order valence-electron chi connectivity index (χ4n) is 3.01. The highest BCUT2D eigenvalue weighted by Gasteiger charge is 2.27. The van der Waals surface area contributed by atoms with Crippen LogP contribution in [0.5, 0.6) is 0 Å². The molecule has 1 aromatic carbocycles. The molecule has 11 nitrogen and oxygen atoms in total. The van der Waals surface area contributed by atoms with Gasteiger partial charge in [0.05, 0.1) is 24.2 Å². The Bertz CT molecular complexity index is 1140. The number of thioether (sulfide) groups is 1. The number of aromatic nitrogens is 5. The standard InChI is InChI=1S/C20H22N8O3S/c1-3-15(27-19(22)25-26-20(27)32-12-16(29)31-4-2)18(30)24-17-13(10-21)11-23-28(17)14-8-6-5-7-9-14/h5-9,11,15H,3-4,12H2,1-2H3,(H2,22,25)(H,24,30). The number of carbonyl (C=O) groups is 2. The van der Waals surface area contributed by atoms with Gasteiger partial charge in [-0.1, -0.05) is 36.9 Å². The van der Waals surface area contributed by atoms with Crippen LogP contribution in [-0.2, 0) is 14.3 Å². The summed E-state index contributed by atoms with van der Waals surface area (Å²) in [6.07, 6.45) is 1.75. The van der Waals surface area contributed by atoms with E-state index in [9.17, 15) is 14.9 Å². The van der Waals surface area contributed by atoms with E-state index in [0.29, 0.717) is 17.3 Å². The van der Waals surface area contributed by atoms with E-state index in [1.54, 1.807) is 6.92 Å². The lowest BCUT2D eigenvalue weighted by atomic mass is 10.2. The predicted molar refractivity (Wildman–Crippen MR) is 118 cm³/mol.